The maximum absolute atomic E-state index is 13.7. The molecule has 3 rings (SSSR count). The molecule has 1 heterocycles. The number of halogens is 2. The zero-order valence-electron chi connectivity index (χ0n) is 14.0. The molecule has 0 radical (unpaired) electrons. The Bertz CT molecular complexity index is 946. The van der Waals surface area contributed by atoms with Crippen LogP contribution in [0.15, 0.2) is 30.3 Å². The molecule has 0 atom stereocenters. The second-order valence-electron chi connectivity index (χ2n) is 5.56. The molecule has 1 amide bonds. The van der Waals surface area contributed by atoms with Crippen LogP contribution in [0.1, 0.15) is 27.6 Å². The quantitative estimate of drug-likeness (QED) is 0.619. The lowest BCUT2D eigenvalue weighted by Crippen LogP contribution is -2.22. The first-order chi connectivity index (χ1) is 12.8. The van der Waals surface area contributed by atoms with Gasteiger partial charge in [-0.15, -0.1) is 0 Å². The third kappa shape index (κ3) is 4.17. The Morgan fingerprint density at radius 2 is 1.85 bits per heavy atom. The van der Waals surface area contributed by atoms with Gasteiger partial charge in [-0.3, -0.25) is 9.59 Å². The van der Waals surface area contributed by atoms with Crippen LogP contribution in [0.25, 0.3) is 0 Å². The number of rotatable bonds is 5. The summed E-state index contributed by atoms with van der Waals surface area (Å²) < 4.78 is 28.9. The van der Waals surface area contributed by atoms with Gasteiger partial charge in [0.2, 0.25) is 6.79 Å². The Hall–Kier alpha value is -3.13. The Balaban J connectivity index is 1.67. The molecule has 0 spiro atoms. The SMILES string of the molecule is CC(=O)c1cc2c(cc1NC(=O)COC(=O)c1ccc(Cl)cc1F)OCO2. The number of anilines is 1. The molecule has 1 N–H and O–H groups in total. The highest BCUT2D eigenvalue weighted by Gasteiger charge is 2.21. The van der Waals surface area contributed by atoms with Crippen molar-refractivity contribution in [2.24, 2.45) is 0 Å². The minimum Gasteiger partial charge on any atom is -0.454 e. The standard InChI is InChI=1S/C18H13ClFNO6/c1-9(22)12-5-15-16(27-8-26-15)6-14(12)21-17(23)7-25-18(24)11-3-2-10(19)4-13(11)20/h2-6H,7-8H2,1H3,(H,21,23). The number of benzene rings is 2. The first-order valence-corrected chi connectivity index (χ1v) is 8.09. The minimum atomic E-state index is -1.02. The van der Waals surface area contributed by atoms with Gasteiger partial charge in [0.1, 0.15) is 5.82 Å². The van der Waals surface area contributed by atoms with Gasteiger partial charge >= 0.3 is 5.97 Å². The predicted molar refractivity (Wildman–Crippen MR) is 92.9 cm³/mol. The van der Waals surface area contributed by atoms with Crippen molar-refractivity contribution in [3.63, 3.8) is 0 Å². The second-order valence-corrected chi connectivity index (χ2v) is 5.99. The van der Waals surface area contributed by atoms with Crippen LogP contribution in [0.5, 0.6) is 11.5 Å². The molecule has 7 nitrogen and oxygen atoms in total. The number of hydrogen-bond acceptors (Lipinski definition) is 6. The van der Waals surface area contributed by atoms with Crippen molar-refractivity contribution in [2.45, 2.75) is 6.92 Å². The first kappa shape index (κ1) is 18.7. The normalized spacial score (nSPS) is 11.8. The third-order valence-electron chi connectivity index (χ3n) is 3.65. The molecular formula is C18H13ClFNO6. The molecule has 0 bridgehead atoms. The van der Waals surface area contributed by atoms with Gasteiger partial charge in [-0.05, 0) is 31.2 Å². The minimum absolute atomic E-state index is 0.00828. The van der Waals surface area contributed by atoms with Crippen LogP contribution in [-0.4, -0.2) is 31.1 Å². The highest BCUT2D eigenvalue weighted by atomic mass is 35.5. The first-order valence-electron chi connectivity index (χ1n) is 7.72. The van der Waals surface area contributed by atoms with Crippen LogP contribution in [0, 0.1) is 5.82 Å². The molecule has 9 heteroatoms. The fourth-order valence-electron chi connectivity index (χ4n) is 2.39. The molecule has 0 aliphatic carbocycles. The summed E-state index contributed by atoms with van der Waals surface area (Å²) in [7, 11) is 0. The molecule has 2 aromatic rings. The lowest BCUT2D eigenvalue weighted by molar-refractivity contribution is -0.119. The molecule has 140 valence electrons. The van der Waals surface area contributed by atoms with Crippen molar-refractivity contribution in [1.82, 2.24) is 0 Å². The van der Waals surface area contributed by atoms with E-state index in [1.807, 2.05) is 0 Å². The Kier molecular flexibility index (Phi) is 5.27. The number of esters is 1. The average Bonchev–Trinajstić information content (AvgIpc) is 3.06. The molecule has 0 aromatic heterocycles. The van der Waals surface area contributed by atoms with Crippen LogP contribution in [-0.2, 0) is 9.53 Å². The van der Waals surface area contributed by atoms with E-state index in [9.17, 15) is 18.8 Å². The molecular weight excluding hydrogens is 381 g/mol. The van der Waals surface area contributed by atoms with Crippen molar-refractivity contribution in [3.05, 3.63) is 52.3 Å². The number of ketones is 1. The van der Waals surface area contributed by atoms with Crippen LogP contribution < -0.4 is 14.8 Å². The van der Waals surface area contributed by atoms with E-state index in [-0.39, 0.29) is 34.4 Å². The summed E-state index contributed by atoms with van der Waals surface area (Å²) >= 11 is 5.62. The van der Waals surface area contributed by atoms with Crippen LogP contribution in [0.2, 0.25) is 5.02 Å². The molecule has 0 saturated carbocycles. The number of Topliss-reactive ketones (excluding diaryl/α,β-unsaturated/α-hetero) is 1. The van der Waals surface area contributed by atoms with E-state index in [0.29, 0.717) is 11.5 Å². The smallest absolute Gasteiger partial charge is 0.341 e. The molecule has 1 aliphatic heterocycles. The number of fused-ring (bicyclic) bond motifs is 1. The Labute approximate surface area is 158 Å². The van der Waals surface area contributed by atoms with Gasteiger partial charge in [0.25, 0.3) is 5.91 Å². The zero-order chi connectivity index (χ0) is 19.6. The molecule has 0 fully saturated rings. The Morgan fingerprint density at radius 1 is 1.15 bits per heavy atom. The topological polar surface area (TPSA) is 90.9 Å². The van der Waals surface area contributed by atoms with E-state index in [1.165, 1.54) is 25.1 Å². The lowest BCUT2D eigenvalue weighted by atomic mass is 10.1. The summed E-state index contributed by atoms with van der Waals surface area (Å²) in [5.74, 6) is -2.12. The van der Waals surface area contributed by atoms with E-state index < -0.39 is 24.3 Å². The van der Waals surface area contributed by atoms with Gasteiger partial charge in [0.15, 0.2) is 23.9 Å². The largest absolute Gasteiger partial charge is 0.454 e. The lowest BCUT2D eigenvalue weighted by Gasteiger charge is -2.11. The maximum atomic E-state index is 13.7. The summed E-state index contributed by atoms with van der Waals surface area (Å²) in [6.45, 7) is 0.664. The van der Waals surface area contributed by atoms with Gasteiger partial charge in [-0.2, -0.15) is 0 Å². The zero-order valence-corrected chi connectivity index (χ0v) is 14.8. The average molecular weight is 394 g/mol. The van der Waals surface area contributed by atoms with Gasteiger partial charge < -0.3 is 19.5 Å². The van der Waals surface area contributed by atoms with E-state index >= 15 is 0 Å². The highest BCUT2D eigenvalue weighted by molar-refractivity contribution is 6.30. The number of carbonyl (C=O) groups is 3. The summed E-state index contributed by atoms with van der Waals surface area (Å²) in [5.41, 5.74) is 0.0489. The molecule has 0 saturated heterocycles. The summed E-state index contributed by atoms with van der Waals surface area (Å²) in [4.78, 5) is 35.7. The van der Waals surface area contributed by atoms with Gasteiger partial charge in [-0.25, -0.2) is 9.18 Å². The number of carbonyl (C=O) groups excluding carboxylic acids is 3. The number of amides is 1. The van der Waals surface area contributed by atoms with E-state index in [2.05, 4.69) is 5.32 Å². The van der Waals surface area contributed by atoms with Crippen molar-refractivity contribution in [1.29, 1.82) is 0 Å². The van der Waals surface area contributed by atoms with Crippen molar-refractivity contribution in [2.75, 3.05) is 18.7 Å². The summed E-state index contributed by atoms with van der Waals surface area (Å²) in [6.07, 6.45) is 0. The fourth-order valence-corrected chi connectivity index (χ4v) is 2.55. The van der Waals surface area contributed by atoms with Gasteiger partial charge in [-0.1, -0.05) is 11.6 Å². The molecule has 27 heavy (non-hydrogen) atoms. The summed E-state index contributed by atoms with van der Waals surface area (Å²) in [6, 6.07) is 6.34. The predicted octanol–water partition coefficient (Wildman–Crippen LogP) is 3.21. The van der Waals surface area contributed by atoms with E-state index in [1.54, 1.807) is 0 Å². The maximum Gasteiger partial charge on any atom is 0.341 e. The van der Waals surface area contributed by atoms with Crippen LogP contribution in [0.3, 0.4) is 0 Å². The number of hydrogen-bond donors (Lipinski definition) is 1. The highest BCUT2D eigenvalue weighted by Crippen LogP contribution is 2.37. The van der Waals surface area contributed by atoms with Crippen LogP contribution in [0.4, 0.5) is 10.1 Å². The monoisotopic (exact) mass is 393 g/mol. The Morgan fingerprint density at radius 3 is 2.52 bits per heavy atom. The third-order valence-corrected chi connectivity index (χ3v) is 3.89. The van der Waals surface area contributed by atoms with Gasteiger partial charge in [0, 0.05) is 16.7 Å². The van der Waals surface area contributed by atoms with Crippen molar-refractivity contribution in [3.8, 4) is 11.5 Å². The van der Waals surface area contributed by atoms with Crippen molar-refractivity contribution >= 4 is 34.9 Å². The number of nitrogens with one attached hydrogen (secondary N) is 1. The molecule has 0 unspecified atom stereocenters. The second kappa shape index (κ2) is 7.63. The number of ether oxygens (including phenoxy) is 3. The van der Waals surface area contributed by atoms with Gasteiger partial charge in [0.05, 0.1) is 11.3 Å². The fraction of sp³-hybridized carbons (Fsp3) is 0.167. The van der Waals surface area contributed by atoms with E-state index in [4.69, 9.17) is 25.8 Å². The van der Waals surface area contributed by atoms with E-state index in [0.717, 1.165) is 12.1 Å². The van der Waals surface area contributed by atoms with Crippen LogP contribution >= 0.6 is 11.6 Å². The molecule has 2 aromatic carbocycles. The summed E-state index contributed by atoms with van der Waals surface area (Å²) in [5, 5.41) is 2.59. The van der Waals surface area contributed by atoms with Crippen molar-refractivity contribution < 1.29 is 33.0 Å². The molecule has 1 aliphatic rings.